The highest BCUT2D eigenvalue weighted by molar-refractivity contribution is 5.74. The number of hydrogen-bond acceptors (Lipinski definition) is 11. The van der Waals surface area contributed by atoms with Gasteiger partial charge in [-0.1, -0.05) is 289 Å². The SMILES string of the molecule is CCCCCCCC/C=C\CCCCCCCCCCCC(=O)OCC(COC1OC(C(=O)O)C(O)C(O)C1OC(=O)CCCCCCCCCCCCCCCCCCC)OC(=O)CCCCCCCCC/C=C\CCCCCCCC. The molecule has 1 rings (SSSR count). The van der Waals surface area contributed by atoms with E-state index in [1.54, 1.807) is 0 Å². The first-order chi connectivity index (χ1) is 40.6. The van der Waals surface area contributed by atoms with Crippen LogP contribution in [0.25, 0.3) is 0 Å². The maximum atomic E-state index is 13.2. The topological polar surface area (TPSA) is 175 Å². The Hall–Kier alpha value is -2.80. The molecule has 0 amide bonds. The van der Waals surface area contributed by atoms with Gasteiger partial charge in [-0.2, -0.15) is 0 Å². The molecule has 6 unspecified atom stereocenters. The molecule has 0 aromatic carbocycles. The summed E-state index contributed by atoms with van der Waals surface area (Å²) in [6.07, 6.45) is 58.4. The number of aliphatic hydroxyl groups excluding tert-OH is 2. The van der Waals surface area contributed by atoms with Crippen LogP contribution in [0.5, 0.6) is 0 Å². The van der Waals surface area contributed by atoms with Gasteiger partial charge in [0.1, 0.15) is 18.8 Å². The van der Waals surface area contributed by atoms with Crippen LogP contribution in [-0.4, -0.2) is 89.2 Å². The van der Waals surface area contributed by atoms with E-state index in [-0.39, 0.29) is 25.9 Å². The molecule has 0 radical (unpaired) electrons. The third-order valence-corrected chi connectivity index (χ3v) is 16.5. The predicted molar refractivity (Wildman–Crippen MR) is 340 cm³/mol. The number of aliphatic hydroxyl groups is 2. The molecule has 0 saturated carbocycles. The first kappa shape index (κ1) is 78.2. The number of aliphatic carboxylic acids is 1. The van der Waals surface area contributed by atoms with Crippen LogP contribution < -0.4 is 0 Å². The number of carbonyl (C=O) groups is 4. The number of hydrogen-bond donors (Lipinski definition) is 3. The van der Waals surface area contributed by atoms with Crippen molar-refractivity contribution >= 4 is 23.9 Å². The summed E-state index contributed by atoms with van der Waals surface area (Å²) in [6.45, 7) is 6.06. The summed E-state index contributed by atoms with van der Waals surface area (Å²) in [5.74, 6) is -3.08. The van der Waals surface area contributed by atoms with E-state index in [1.165, 1.54) is 225 Å². The van der Waals surface area contributed by atoms with Crippen molar-refractivity contribution in [1.29, 1.82) is 0 Å². The van der Waals surface area contributed by atoms with Crippen LogP contribution in [0, 0.1) is 0 Å². The van der Waals surface area contributed by atoms with Crippen molar-refractivity contribution in [1.82, 2.24) is 0 Å². The second kappa shape index (κ2) is 59.5. The fourth-order valence-electron chi connectivity index (χ4n) is 11.1. The van der Waals surface area contributed by atoms with Gasteiger partial charge in [0.25, 0.3) is 0 Å². The standard InChI is InChI=1S/C71H130O12/c1-4-7-10-13-16-19-22-25-28-31-32-35-36-39-42-45-48-51-54-57-63(72)79-60-62(81-64(73)58-55-52-49-46-43-40-37-33-29-26-23-20-17-14-11-8-5-2)61-80-71-69(67(76)66(75)68(83-71)70(77)78)82-65(74)59-56-53-50-47-44-41-38-34-30-27-24-21-18-15-12-9-6-3/h25-26,28-29,62,66-69,71,75-76H,4-24,27,30-61H2,1-3H3,(H,77,78)/b28-25-,29-26-. The molecule has 3 N–H and O–H groups in total. The molecular weight excluding hydrogens is 1040 g/mol. The minimum Gasteiger partial charge on any atom is -0.479 e. The molecule has 12 nitrogen and oxygen atoms in total. The van der Waals surface area contributed by atoms with Gasteiger partial charge < -0.3 is 39.0 Å². The minimum absolute atomic E-state index is 0.0673. The average molecular weight is 1180 g/mol. The van der Waals surface area contributed by atoms with Crippen LogP contribution in [0.3, 0.4) is 0 Å². The monoisotopic (exact) mass is 1170 g/mol. The van der Waals surface area contributed by atoms with Crippen molar-refractivity contribution in [3.8, 4) is 0 Å². The Kier molecular flexibility index (Phi) is 56.1. The third-order valence-electron chi connectivity index (χ3n) is 16.5. The zero-order valence-electron chi connectivity index (χ0n) is 54.0. The molecular formula is C71H130O12. The van der Waals surface area contributed by atoms with Gasteiger partial charge in [-0.25, -0.2) is 4.79 Å². The van der Waals surface area contributed by atoms with Gasteiger partial charge in [0, 0.05) is 19.3 Å². The number of allylic oxidation sites excluding steroid dienone is 4. The van der Waals surface area contributed by atoms with Gasteiger partial charge in [-0.05, 0) is 70.6 Å². The molecule has 6 atom stereocenters. The maximum absolute atomic E-state index is 13.2. The normalized spacial score (nSPS) is 17.6. The van der Waals surface area contributed by atoms with Crippen LogP contribution in [0.1, 0.15) is 355 Å². The lowest BCUT2D eigenvalue weighted by molar-refractivity contribution is -0.301. The molecule has 1 aliphatic heterocycles. The summed E-state index contributed by atoms with van der Waals surface area (Å²) in [4.78, 5) is 51.5. The Morgan fingerprint density at radius 1 is 0.386 bits per heavy atom. The van der Waals surface area contributed by atoms with E-state index in [0.29, 0.717) is 19.3 Å². The molecule has 1 aliphatic rings. The van der Waals surface area contributed by atoms with Crippen molar-refractivity contribution in [2.24, 2.45) is 0 Å². The zero-order valence-corrected chi connectivity index (χ0v) is 54.0. The van der Waals surface area contributed by atoms with E-state index in [0.717, 1.165) is 70.6 Å². The molecule has 1 heterocycles. The van der Waals surface area contributed by atoms with Crippen LogP contribution in [-0.2, 0) is 42.9 Å². The van der Waals surface area contributed by atoms with Gasteiger partial charge in [0.2, 0.25) is 0 Å². The van der Waals surface area contributed by atoms with Crippen molar-refractivity contribution in [3.05, 3.63) is 24.3 Å². The number of carboxylic acid groups (broad SMARTS) is 1. The van der Waals surface area contributed by atoms with Crippen molar-refractivity contribution in [3.63, 3.8) is 0 Å². The fraction of sp³-hybridized carbons (Fsp3) is 0.887. The second-order valence-electron chi connectivity index (χ2n) is 24.5. The first-order valence-electron chi connectivity index (χ1n) is 35.3. The number of ether oxygens (including phenoxy) is 5. The molecule has 1 fully saturated rings. The molecule has 486 valence electrons. The molecule has 0 aromatic rings. The molecule has 83 heavy (non-hydrogen) atoms. The second-order valence-corrected chi connectivity index (χ2v) is 24.5. The molecule has 0 aliphatic carbocycles. The van der Waals surface area contributed by atoms with E-state index in [2.05, 4.69) is 45.1 Å². The van der Waals surface area contributed by atoms with Crippen molar-refractivity contribution in [2.75, 3.05) is 13.2 Å². The number of carbonyl (C=O) groups excluding carboxylic acids is 3. The van der Waals surface area contributed by atoms with Gasteiger partial charge in [-0.3, -0.25) is 14.4 Å². The summed E-state index contributed by atoms with van der Waals surface area (Å²) in [7, 11) is 0. The highest BCUT2D eigenvalue weighted by atomic mass is 16.7. The highest BCUT2D eigenvalue weighted by Gasteiger charge is 2.50. The van der Waals surface area contributed by atoms with E-state index >= 15 is 0 Å². The van der Waals surface area contributed by atoms with Gasteiger partial charge in [-0.15, -0.1) is 0 Å². The lowest BCUT2D eigenvalue weighted by Gasteiger charge is -2.40. The molecule has 1 saturated heterocycles. The van der Waals surface area contributed by atoms with Crippen LogP contribution in [0.4, 0.5) is 0 Å². The first-order valence-corrected chi connectivity index (χ1v) is 35.3. The summed E-state index contributed by atoms with van der Waals surface area (Å²) < 4.78 is 28.6. The quantitative estimate of drug-likeness (QED) is 0.0228. The molecule has 0 aromatic heterocycles. The van der Waals surface area contributed by atoms with Crippen LogP contribution >= 0.6 is 0 Å². The maximum Gasteiger partial charge on any atom is 0.335 e. The molecule has 0 bridgehead atoms. The third kappa shape index (κ3) is 48.9. The molecule has 0 spiro atoms. The largest absolute Gasteiger partial charge is 0.479 e. The van der Waals surface area contributed by atoms with Gasteiger partial charge in [0.15, 0.2) is 24.6 Å². The molecule has 12 heteroatoms. The van der Waals surface area contributed by atoms with Crippen molar-refractivity contribution < 1.29 is 58.2 Å². The van der Waals surface area contributed by atoms with Gasteiger partial charge in [0.05, 0.1) is 6.61 Å². The van der Waals surface area contributed by atoms with Crippen LogP contribution in [0.15, 0.2) is 24.3 Å². The zero-order chi connectivity index (χ0) is 60.3. The Labute approximate surface area is 508 Å². The number of carboxylic acids is 1. The smallest absolute Gasteiger partial charge is 0.335 e. The van der Waals surface area contributed by atoms with Crippen molar-refractivity contribution in [2.45, 2.75) is 391 Å². The lowest BCUT2D eigenvalue weighted by Crippen LogP contribution is -2.61. The Balaban J connectivity index is 2.62. The van der Waals surface area contributed by atoms with E-state index in [4.69, 9.17) is 23.7 Å². The number of esters is 3. The Bertz CT molecular complexity index is 1530. The van der Waals surface area contributed by atoms with E-state index in [9.17, 15) is 34.5 Å². The van der Waals surface area contributed by atoms with E-state index in [1.807, 2.05) is 0 Å². The highest BCUT2D eigenvalue weighted by Crippen LogP contribution is 2.27. The number of unbranched alkanes of at least 4 members (excludes halogenated alkanes) is 44. The summed E-state index contributed by atoms with van der Waals surface area (Å²) >= 11 is 0. The lowest BCUT2D eigenvalue weighted by atomic mass is 9.98. The van der Waals surface area contributed by atoms with E-state index < -0.39 is 67.3 Å². The fourth-order valence-corrected chi connectivity index (χ4v) is 11.1. The average Bonchev–Trinajstić information content (AvgIpc) is 3.59. The Morgan fingerprint density at radius 2 is 0.687 bits per heavy atom. The number of rotatable bonds is 62. The summed E-state index contributed by atoms with van der Waals surface area (Å²) in [6, 6.07) is 0. The predicted octanol–water partition coefficient (Wildman–Crippen LogP) is 19.4. The van der Waals surface area contributed by atoms with Crippen LogP contribution in [0.2, 0.25) is 0 Å². The van der Waals surface area contributed by atoms with Gasteiger partial charge >= 0.3 is 23.9 Å². The summed E-state index contributed by atoms with van der Waals surface area (Å²) in [5.41, 5.74) is 0. The summed E-state index contributed by atoms with van der Waals surface area (Å²) in [5, 5.41) is 31.7. The minimum atomic E-state index is -1.90. The Morgan fingerprint density at radius 3 is 1.02 bits per heavy atom.